The molecule has 0 saturated heterocycles. The Morgan fingerprint density at radius 2 is 1.59 bits per heavy atom. The maximum absolute atomic E-state index is 10.9. The maximum atomic E-state index is 10.9. The molecule has 1 rings (SSSR count). The van der Waals surface area contributed by atoms with Crippen molar-refractivity contribution in [1.82, 2.24) is 0 Å². The third-order valence-electron chi connectivity index (χ3n) is 2.31. The van der Waals surface area contributed by atoms with E-state index in [-0.39, 0.29) is 17.1 Å². The first kappa shape index (κ1) is 12.9. The standard InChI is InChI=1S/C10H13N3O4/c1-3-7-5-8(12(14)15)10(11-4-2)9(6-7)13(16)17/h5-6,11H,3-4H2,1-2H3. The van der Waals surface area contributed by atoms with Gasteiger partial charge in [-0.15, -0.1) is 0 Å². The Labute approximate surface area is 97.7 Å². The highest BCUT2D eigenvalue weighted by molar-refractivity contribution is 5.74. The number of anilines is 1. The molecular formula is C10H13N3O4. The summed E-state index contributed by atoms with van der Waals surface area (Å²) in [4.78, 5) is 20.6. The molecule has 17 heavy (non-hydrogen) atoms. The molecule has 0 spiro atoms. The van der Waals surface area contributed by atoms with Gasteiger partial charge in [-0.2, -0.15) is 0 Å². The van der Waals surface area contributed by atoms with Crippen molar-refractivity contribution in [1.29, 1.82) is 0 Å². The van der Waals surface area contributed by atoms with Gasteiger partial charge < -0.3 is 5.32 Å². The molecular weight excluding hydrogens is 226 g/mol. The zero-order chi connectivity index (χ0) is 13.0. The first-order valence-corrected chi connectivity index (χ1v) is 5.20. The van der Waals surface area contributed by atoms with Gasteiger partial charge in [0.2, 0.25) is 0 Å². The Kier molecular flexibility index (Phi) is 3.97. The van der Waals surface area contributed by atoms with E-state index in [0.717, 1.165) is 0 Å². The summed E-state index contributed by atoms with van der Waals surface area (Å²) in [6, 6.07) is 2.73. The SMILES string of the molecule is CCNc1c([N+](=O)[O-])cc(CC)cc1[N+](=O)[O-]. The lowest BCUT2D eigenvalue weighted by Gasteiger charge is -2.07. The van der Waals surface area contributed by atoms with Gasteiger partial charge in [0.25, 0.3) is 11.4 Å². The van der Waals surface area contributed by atoms with Crippen LogP contribution < -0.4 is 5.32 Å². The van der Waals surface area contributed by atoms with Crippen molar-refractivity contribution in [2.24, 2.45) is 0 Å². The van der Waals surface area contributed by atoms with Crippen molar-refractivity contribution in [3.8, 4) is 0 Å². The largest absolute Gasteiger partial charge is 0.374 e. The number of nitrogens with zero attached hydrogens (tertiary/aromatic N) is 2. The van der Waals surface area contributed by atoms with E-state index >= 15 is 0 Å². The molecule has 0 atom stereocenters. The second-order valence-corrected chi connectivity index (χ2v) is 3.41. The van der Waals surface area contributed by atoms with Crippen molar-refractivity contribution in [2.75, 3.05) is 11.9 Å². The van der Waals surface area contributed by atoms with Gasteiger partial charge in [-0.25, -0.2) is 0 Å². The minimum Gasteiger partial charge on any atom is -0.374 e. The van der Waals surface area contributed by atoms with E-state index in [1.165, 1.54) is 12.1 Å². The van der Waals surface area contributed by atoms with Gasteiger partial charge in [0.15, 0.2) is 5.69 Å². The number of nitro benzene ring substituents is 2. The Balaban J connectivity index is 3.49. The molecule has 0 aliphatic rings. The van der Waals surface area contributed by atoms with E-state index in [1.54, 1.807) is 13.8 Å². The topological polar surface area (TPSA) is 98.3 Å². The lowest BCUT2D eigenvalue weighted by molar-refractivity contribution is -0.392. The van der Waals surface area contributed by atoms with Crippen LogP contribution in [0.4, 0.5) is 17.1 Å². The molecule has 0 heterocycles. The Morgan fingerprint density at radius 1 is 1.12 bits per heavy atom. The molecule has 0 radical (unpaired) electrons. The molecule has 0 unspecified atom stereocenters. The van der Waals surface area contributed by atoms with Crippen LogP contribution in [0, 0.1) is 20.2 Å². The summed E-state index contributed by atoms with van der Waals surface area (Å²) in [5.41, 5.74) is 0.0422. The fourth-order valence-corrected chi connectivity index (χ4v) is 1.52. The molecule has 0 aliphatic carbocycles. The van der Waals surface area contributed by atoms with Gasteiger partial charge in [-0.3, -0.25) is 20.2 Å². The zero-order valence-electron chi connectivity index (χ0n) is 9.60. The van der Waals surface area contributed by atoms with E-state index in [9.17, 15) is 20.2 Å². The quantitative estimate of drug-likeness (QED) is 0.628. The van der Waals surface area contributed by atoms with Crippen molar-refractivity contribution < 1.29 is 9.85 Å². The van der Waals surface area contributed by atoms with Crippen molar-refractivity contribution in [2.45, 2.75) is 20.3 Å². The molecule has 92 valence electrons. The second-order valence-electron chi connectivity index (χ2n) is 3.41. The number of aryl methyl sites for hydroxylation is 1. The first-order chi connectivity index (χ1) is 8.01. The Bertz CT molecular complexity index is 424. The second kappa shape index (κ2) is 5.24. The maximum Gasteiger partial charge on any atom is 0.299 e. The Hall–Kier alpha value is -2.18. The molecule has 7 heteroatoms. The van der Waals surface area contributed by atoms with Crippen LogP contribution in [0.15, 0.2) is 12.1 Å². The molecule has 0 aliphatic heterocycles. The van der Waals surface area contributed by atoms with Gasteiger partial charge >= 0.3 is 0 Å². The van der Waals surface area contributed by atoms with Crippen molar-refractivity contribution in [3.05, 3.63) is 37.9 Å². The predicted octanol–water partition coefficient (Wildman–Crippen LogP) is 2.50. The summed E-state index contributed by atoms with van der Waals surface area (Å²) in [7, 11) is 0. The first-order valence-electron chi connectivity index (χ1n) is 5.20. The minimum absolute atomic E-state index is 0.0281. The summed E-state index contributed by atoms with van der Waals surface area (Å²) >= 11 is 0. The predicted molar refractivity (Wildman–Crippen MR) is 63.3 cm³/mol. The van der Waals surface area contributed by atoms with Gasteiger partial charge in [0.1, 0.15) is 0 Å². The van der Waals surface area contributed by atoms with Crippen LogP contribution >= 0.6 is 0 Å². The number of rotatable bonds is 5. The lowest BCUT2D eigenvalue weighted by atomic mass is 10.1. The van der Waals surface area contributed by atoms with Crippen LogP contribution in [0.2, 0.25) is 0 Å². The summed E-state index contributed by atoms with van der Waals surface area (Å²) in [6.07, 6.45) is 0.508. The summed E-state index contributed by atoms with van der Waals surface area (Å²) in [5.74, 6) is 0. The van der Waals surface area contributed by atoms with Gasteiger partial charge in [0.05, 0.1) is 9.85 Å². The molecule has 0 fully saturated rings. The van der Waals surface area contributed by atoms with Crippen LogP contribution in [0.3, 0.4) is 0 Å². The number of benzene rings is 1. The molecule has 1 aromatic rings. The summed E-state index contributed by atoms with van der Waals surface area (Å²) in [6.45, 7) is 3.89. The number of nitrogens with one attached hydrogen (secondary N) is 1. The lowest BCUT2D eigenvalue weighted by Crippen LogP contribution is -2.06. The number of hydrogen-bond acceptors (Lipinski definition) is 5. The fraction of sp³-hybridized carbons (Fsp3) is 0.400. The highest BCUT2D eigenvalue weighted by atomic mass is 16.6. The summed E-state index contributed by atoms with van der Waals surface area (Å²) < 4.78 is 0. The van der Waals surface area contributed by atoms with E-state index < -0.39 is 9.85 Å². The van der Waals surface area contributed by atoms with Gasteiger partial charge in [-0.05, 0) is 18.9 Å². The van der Waals surface area contributed by atoms with E-state index in [1.807, 2.05) is 0 Å². The Morgan fingerprint density at radius 3 is 1.88 bits per heavy atom. The van der Waals surface area contributed by atoms with Crippen LogP contribution in [0.5, 0.6) is 0 Å². The zero-order valence-corrected chi connectivity index (χ0v) is 9.60. The average molecular weight is 239 g/mol. The van der Waals surface area contributed by atoms with Crippen LogP contribution in [-0.2, 0) is 6.42 Å². The number of hydrogen-bond donors (Lipinski definition) is 1. The van der Waals surface area contributed by atoms with Crippen LogP contribution in [0.1, 0.15) is 19.4 Å². The molecule has 0 amide bonds. The van der Waals surface area contributed by atoms with Crippen LogP contribution in [0.25, 0.3) is 0 Å². The average Bonchev–Trinajstić information content (AvgIpc) is 2.28. The monoisotopic (exact) mass is 239 g/mol. The molecule has 7 nitrogen and oxygen atoms in total. The number of nitro groups is 2. The normalized spacial score (nSPS) is 10.0. The van der Waals surface area contributed by atoms with Crippen LogP contribution in [-0.4, -0.2) is 16.4 Å². The minimum atomic E-state index is -0.607. The van der Waals surface area contributed by atoms with E-state index in [2.05, 4.69) is 5.32 Å². The summed E-state index contributed by atoms with van der Waals surface area (Å²) in [5, 5.41) is 24.4. The molecule has 1 N–H and O–H groups in total. The third kappa shape index (κ3) is 2.68. The van der Waals surface area contributed by atoms with Gasteiger partial charge in [0, 0.05) is 18.7 Å². The fourth-order valence-electron chi connectivity index (χ4n) is 1.52. The van der Waals surface area contributed by atoms with Gasteiger partial charge in [-0.1, -0.05) is 6.92 Å². The van der Waals surface area contributed by atoms with E-state index in [4.69, 9.17) is 0 Å². The smallest absolute Gasteiger partial charge is 0.299 e. The third-order valence-corrected chi connectivity index (χ3v) is 2.31. The molecule has 0 bridgehead atoms. The van der Waals surface area contributed by atoms with Crippen molar-refractivity contribution >= 4 is 17.1 Å². The molecule has 1 aromatic carbocycles. The molecule has 0 aromatic heterocycles. The van der Waals surface area contributed by atoms with E-state index in [0.29, 0.717) is 18.5 Å². The highest BCUT2D eigenvalue weighted by Crippen LogP contribution is 2.35. The highest BCUT2D eigenvalue weighted by Gasteiger charge is 2.25. The molecule has 0 saturated carbocycles. The van der Waals surface area contributed by atoms with Crippen molar-refractivity contribution in [3.63, 3.8) is 0 Å².